The number of piperidine rings is 1. The van der Waals surface area contributed by atoms with Gasteiger partial charge in [-0.3, -0.25) is 4.90 Å². The summed E-state index contributed by atoms with van der Waals surface area (Å²) in [6, 6.07) is 2.33. The minimum Gasteiger partial charge on any atom is -0.390 e. The Morgan fingerprint density at radius 2 is 1.88 bits per heavy atom. The van der Waals surface area contributed by atoms with Crippen molar-refractivity contribution in [3.05, 3.63) is 11.8 Å². The van der Waals surface area contributed by atoms with Crippen molar-refractivity contribution in [1.29, 1.82) is 0 Å². The fourth-order valence-electron chi connectivity index (χ4n) is 3.72. The molecule has 0 radical (unpaired) electrons. The van der Waals surface area contributed by atoms with Crippen molar-refractivity contribution in [3.63, 3.8) is 0 Å². The van der Waals surface area contributed by atoms with Crippen molar-refractivity contribution in [2.45, 2.75) is 31.9 Å². The highest BCUT2D eigenvalue weighted by atomic mass is 16.3. The zero-order valence-corrected chi connectivity index (χ0v) is 16.0. The second-order valence-corrected chi connectivity index (χ2v) is 7.47. The lowest BCUT2D eigenvalue weighted by Gasteiger charge is -2.44. The maximum atomic E-state index is 10.8. The lowest BCUT2D eigenvalue weighted by atomic mass is 9.99. The Kier molecular flexibility index (Phi) is 5.76. The molecule has 0 bridgehead atoms. The number of nitrogens with zero attached hydrogens (tertiary/aromatic N) is 6. The number of hydrogen-bond donors (Lipinski definition) is 1. The average Bonchev–Trinajstić information content (AvgIpc) is 2.62. The van der Waals surface area contributed by atoms with E-state index in [1.807, 2.05) is 19.0 Å². The van der Waals surface area contributed by atoms with Gasteiger partial charge in [-0.1, -0.05) is 6.92 Å². The van der Waals surface area contributed by atoms with Crippen LogP contribution in [0, 0.1) is 0 Å². The van der Waals surface area contributed by atoms with E-state index in [1.54, 1.807) is 0 Å². The van der Waals surface area contributed by atoms with Gasteiger partial charge in [0, 0.05) is 71.2 Å². The van der Waals surface area contributed by atoms with Crippen LogP contribution in [0.15, 0.2) is 6.07 Å². The van der Waals surface area contributed by atoms with E-state index in [0.29, 0.717) is 6.54 Å². The van der Waals surface area contributed by atoms with E-state index < -0.39 is 0 Å². The number of aliphatic hydroxyl groups excluding tert-OH is 1. The van der Waals surface area contributed by atoms with Crippen molar-refractivity contribution >= 4 is 11.8 Å². The Labute approximate surface area is 151 Å². The highest BCUT2D eigenvalue weighted by Crippen LogP contribution is 2.24. The molecular weight excluding hydrogens is 316 g/mol. The van der Waals surface area contributed by atoms with E-state index in [9.17, 15) is 5.11 Å². The molecule has 2 aliphatic rings. The normalized spacial score (nSPS) is 26.0. The van der Waals surface area contributed by atoms with E-state index in [4.69, 9.17) is 4.98 Å². The molecule has 0 spiro atoms. The number of rotatable bonds is 4. The monoisotopic (exact) mass is 348 g/mol. The van der Waals surface area contributed by atoms with Gasteiger partial charge in [-0.15, -0.1) is 0 Å². The van der Waals surface area contributed by atoms with Gasteiger partial charge in [0.2, 0.25) is 5.95 Å². The molecule has 7 heteroatoms. The van der Waals surface area contributed by atoms with E-state index in [2.05, 4.69) is 39.7 Å². The quantitative estimate of drug-likeness (QED) is 0.839. The van der Waals surface area contributed by atoms with E-state index in [1.165, 1.54) is 0 Å². The van der Waals surface area contributed by atoms with Crippen molar-refractivity contribution in [2.24, 2.45) is 0 Å². The van der Waals surface area contributed by atoms with Crippen molar-refractivity contribution in [1.82, 2.24) is 19.8 Å². The average molecular weight is 348 g/mol. The summed E-state index contributed by atoms with van der Waals surface area (Å²) in [6.07, 6.45) is 1.53. The molecule has 0 amide bonds. The third kappa shape index (κ3) is 4.22. The van der Waals surface area contributed by atoms with Crippen LogP contribution in [0.1, 0.15) is 19.0 Å². The van der Waals surface area contributed by atoms with Crippen molar-refractivity contribution < 1.29 is 5.11 Å². The maximum Gasteiger partial charge on any atom is 0.227 e. The van der Waals surface area contributed by atoms with Crippen molar-refractivity contribution in [3.8, 4) is 0 Å². The molecule has 25 heavy (non-hydrogen) atoms. The fourth-order valence-corrected chi connectivity index (χ4v) is 3.72. The standard InChI is InChI=1S/C18H32N6O/c1-5-14-12-17(20-18(19-14)21(2)3)24-7-6-15(16(25)13-24)23-10-8-22(4)9-11-23/h12,15-16,25H,5-11,13H2,1-4H3/t15-,16-/m1/s1. The molecular formula is C18H32N6O. The van der Waals surface area contributed by atoms with Crippen LogP contribution in [-0.4, -0.2) is 97.4 Å². The molecule has 0 aliphatic carbocycles. The summed E-state index contributed by atoms with van der Waals surface area (Å²) in [7, 11) is 6.10. The lowest BCUT2D eigenvalue weighted by Crippen LogP contribution is -2.58. The first-order valence-corrected chi connectivity index (χ1v) is 9.38. The number of aliphatic hydroxyl groups is 1. The third-order valence-corrected chi connectivity index (χ3v) is 5.39. The minimum absolute atomic E-state index is 0.269. The number of hydrogen-bond acceptors (Lipinski definition) is 7. The first-order chi connectivity index (χ1) is 12.0. The summed E-state index contributed by atoms with van der Waals surface area (Å²) in [4.78, 5) is 18.2. The molecule has 7 nitrogen and oxygen atoms in total. The first-order valence-electron chi connectivity index (χ1n) is 9.38. The smallest absolute Gasteiger partial charge is 0.227 e. The van der Waals surface area contributed by atoms with Crippen molar-refractivity contribution in [2.75, 3.05) is 70.2 Å². The highest BCUT2D eigenvalue weighted by molar-refractivity contribution is 5.46. The van der Waals surface area contributed by atoms with Gasteiger partial charge in [-0.05, 0) is 19.9 Å². The maximum absolute atomic E-state index is 10.8. The molecule has 1 aromatic rings. The molecule has 1 aromatic heterocycles. The molecule has 3 rings (SSSR count). The summed E-state index contributed by atoms with van der Waals surface area (Å²) < 4.78 is 0. The summed E-state index contributed by atoms with van der Waals surface area (Å²) in [5.41, 5.74) is 1.05. The van der Waals surface area contributed by atoms with Gasteiger partial charge in [0.15, 0.2) is 0 Å². The number of aryl methyl sites for hydroxylation is 1. The van der Waals surface area contributed by atoms with Crippen LogP contribution in [0.2, 0.25) is 0 Å². The Bertz CT molecular complexity index is 573. The SMILES string of the molecule is CCc1cc(N2CC[C@@H](N3CCN(C)CC3)[C@H](O)C2)nc(N(C)C)n1. The van der Waals surface area contributed by atoms with Crippen LogP contribution in [-0.2, 0) is 6.42 Å². The van der Waals surface area contributed by atoms with Crippen LogP contribution in [0.5, 0.6) is 0 Å². The molecule has 2 atom stereocenters. The molecule has 3 heterocycles. The van der Waals surface area contributed by atoms with Crippen LogP contribution >= 0.6 is 0 Å². The molecule has 2 saturated heterocycles. The van der Waals surface area contributed by atoms with Crippen LogP contribution < -0.4 is 9.80 Å². The van der Waals surface area contributed by atoms with E-state index in [0.717, 1.165) is 63.0 Å². The number of β-amino-alcohol motifs (C(OH)–C–C–N with tert-alkyl or cyclic N) is 1. The lowest BCUT2D eigenvalue weighted by molar-refractivity contribution is 0.0138. The second kappa shape index (κ2) is 7.85. The molecule has 0 unspecified atom stereocenters. The predicted octanol–water partition coefficient (Wildman–Crippen LogP) is 0.292. The Morgan fingerprint density at radius 1 is 1.16 bits per heavy atom. The molecule has 1 N–H and O–H groups in total. The summed E-state index contributed by atoms with van der Waals surface area (Å²) in [5, 5.41) is 10.8. The summed E-state index contributed by atoms with van der Waals surface area (Å²) in [5.74, 6) is 1.68. The number of piperazine rings is 1. The predicted molar refractivity (Wildman–Crippen MR) is 101 cm³/mol. The fraction of sp³-hybridized carbons (Fsp3) is 0.778. The van der Waals surface area contributed by atoms with Crippen LogP contribution in [0.4, 0.5) is 11.8 Å². The van der Waals surface area contributed by atoms with E-state index in [-0.39, 0.29) is 12.1 Å². The number of aromatic nitrogens is 2. The van der Waals surface area contributed by atoms with Gasteiger partial charge in [0.1, 0.15) is 5.82 Å². The van der Waals surface area contributed by atoms with Gasteiger partial charge in [-0.25, -0.2) is 4.98 Å². The number of anilines is 2. The minimum atomic E-state index is -0.333. The molecule has 2 fully saturated rings. The largest absolute Gasteiger partial charge is 0.390 e. The van der Waals surface area contributed by atoms with Crippen LogP contribution in [0.25, 0.3) is 0 Å². The Morgan fingerprint density at radius 3 is 2.48 bits per heavy atom. The summed E-state index contributed by atoms with van der Waals surface area (Å²) >= 11 is 0. The number of likely N-dealkylation sites (N-methyl/N-ethyl adjacent to an activating group) is 1. The van der Waals surface area contributed by atoms with E-state index >= 15 is 0 Å². The first kappa shape index (κ1) is 18.4. The van der Waals surface area contributed by atoms with Crippen LogP contribution in [0.3, 0.4) is 0 Å². The van der Waals surface area contributed by atoms with Gasteiger partial charge < -0.3 is 19.8 Å². The zero-order valence-electron chi connectivity index (χ0n) is 16.0. The third-order valence-electron chi connectivity index (χ3n) is 5.39. The summed E-state index contributed by atoms with van der Waals surface area (Å²) in [6.45, 7) is 7.97. The second-order valence-electron chi connectivity index (χ2n) is 7.47. The molecule has 2 aliphatic heterocycles. The highest BCUT2D eigenvalue weighted by Gasteiger charge is 2.33. The van der Waals surface area contributed by atoms with Gasteiger partial charge >= 0.3 is 0 Å². The van der Waals surface area contributed by atoms with Gasteiger partial charge in [0.05, 0.1) is 6.10 Å². The topological polar surface area (TPSA) is 59.0 Å². The zero-order chi connectivity index (χ0) is 18.0. The molecule has 140 valence electrons. The Hall–Kier alpha value is -1.44. The van der Waals surface area contributed by atoms with Gasteiger partial charge in [0.25, 0.3) is 0 Å². The molecule has 0 saturated carbocycles. The molecule has 0 aromatic carbocycles. The van der Waals surface area contributed by atoms with Gasteiger partial charge in [-0.2, -0.15) is 4.98 Å². The Balaban J connectivity index is 1.69.